The van der Waals surface area contributed by atoms with Crippen molar-refractivity contribution in [2.45, 2.75) is 18.9 Å². The van der Waals surface area contributed by atoms with E-state index in [0.29, 0.717) is 12.5 Å². The fourth-order valence-electron chi connectivity index (χ4n) is 3.79. The number of aryl methyl sites for hydroxylation is 1. The number of guanidine groups is 1. The summed E-state index contributed by atoms with van der Waals surface area (Å²) in [4.78, 5) is 11.6. The molecule has 1 aliphatic heterocycles. The van der Waals surface area contributed by atoms with E-state index in [1.165, 1.54) is 5.56 Å². The van der Waals surface area contributed by atoms with Gasteiger partial charge in [-0.2, -0.15) is 0 Å². The maximum absolute atomic E-state index is 4.73. The van der Waals surface area contributed by atoms with Crippen LogP contribution < -0.4 is 5.32 Å². The van der Waals surface area contributed by atoms with Crippen molar-refractivity contribution in [1.29, 1.82) is 0 Å². The van der Waals surface area contributed by atoms with E-state index in [9.17, 15) is 0 Å². The fraction of sp³-hybridized carbons (Fsp3) is 0.333. The molecule has 1 atom stereocenters. The number of aliphatic imine (C=N–C) groups is 1. The highest BCUT2D eigenvalue weighted by Crippen LogP contribution is 2.26. The molecule has 1 aromatic heterocycles. The molecule has 1 N–H and O–H groups in total. The van der Waals surface area contributed by atoms with Crippen LogP contribution in [0.25, 0.3) is 11.0 Å². The molecular weight excluding hydrogens is 322 g/mol. The summed E-state index contributed by atoms with van der Waals surface area (Å²) in [5, 5.41) is 3.49. The van der Waals surface area contributed by atoms with Crippen LogP contribution in [0.15, 0.2) is 59.6 Å². The zero-order valence-corrected chi connectivity index (χ0v) is 15.4. The molecule has 0 amide bonds. The summed E-state index contributed by atoms with van der Waals surface area (Å²) in [7, 11) is 3.92. The Kier molecular flexibility index (Phi) is 4.61. The number of fused-ring (bicyclic) bond motifs is 1. The van der Waals surface area contributed by atoms with Gasteiger partial charge in [0.2, 0.25) is 0 Å². The second kappa shape index (κ2) is 7.20. The lowest BCUT2D eigenvalue weighted by atomic mass is 9.99. The Hall–Kier alpha value is -2.82. The minimum Gasteiger partial charge on any atom is -0.349 e. The van der Waals surface area contributed by atoms with Crippen molar-refractivity contribution in [2.24, 2.45) is 12.0 Å². The van der Waals surface area contributed by atoms with Crippen molar-refractivity contribution in [3.05, 3.63) is 66.0 Å². The van der Waals surface area contributed by atoms with Crippen molar-refractivity contribution in [1.82, 2.24) is 19.8 Å². The number of hydrogen-bond acceptors (Lipinski definition) is 2. The highest BCUT2D eigenvalue weighted by Gasteiger charge is 2.26. The fourth-order valence-corrected chi connectivity index (χ4v) is 3.79. The van der Waals surface area contributed by atoms with Gasteiger partial charge in [0.05, 0.1) is 17.6 Å². The molecule has 3 aromatic rings. The molecule has 5 heteroatoms. The first-order chi connectivity index (χ1) is 12.8. The normalized spacial score (nSPS) is 17.8. The number of hydrogen-bond donors (Lipinski definition) is 1. The highest BCUT2D eigenvalue weighted by molar-refractivity contribution is 5.80. The Morgan fingerprint density at radius 3 is 2.69 bits per heavy atom. The summed E-state index contributed by atoms with van der Waals surface area (Å²) in [5.41, 5.74) is 3.61. The number of aromatic nitrogens is 2. The molecule has 0 radical (unpaired) electrons. The van der Waals surface area contributed by atoms with Gasteiger partial charge in [-0.05, 0) is 24.1 Å². The number of likely N-dealkylation sites (tertiary alicyclic amines) is 1. The molecular formula is C21H25N5. The van der Waals surface area contributed by atoms with Gasteiger partial charge >= 0.3 is 0 Å². The van der Waals surface area contributed by atoms with E-state index >= 15 is 0 Å². The van der Waals surface area contributed by atoms with Gasteiger partial charge < -0.3 is 14.8 Å². The van der Waals surface area contributed by atoms with Gasteiger partial charge in [0.15, 0.2) is 5.96 Å². The quantitative estimate of drug-likeness (QED) is 0.585. The molecule has 134 valence electrons. The molecule has 5 nitrogen and oxygen atoms in total. The third-order valence-corrected chi connectivity index (χ3v) is 5.25. The summed E-state index contributed by atoms with van der Waals surface area (Å²) < 4.78 is 2.15. The van der Waals surface area contributed by atoms with Crippen LogP contribution in [0.3, 0.4) is 0 Å². The summed E-state index contributed by atoms with van der Waals surface area (Å²) in [5.74, 6) is 2.55. The van der Waals surface area contributed by atoms with Crippen LogP contribution in [0.1, 0.15) is 23.7 Å². The largest absolute Gasteiger partial charge is 0.349 e. The molecule has 1 saturated heterocycles. The van der Waals surface area contributed by atoms with Crippen LogP contribution in [0.4, 0.5) is 0 Å². The molecule has 0 spiro atoms. The monoisotopic (exact) mass is 347 g/mol. The van der Waals surface area contributed by atoms with Gasteiger partial charge in [0, 0.05) is 33.1 Å². The summed E-state index contributed by atoms with van der Waals surface area (Å²) in [6.07, 6.45) is 1.16. The van der Waals surface area contributed by atoms with E-state index in [0.717, 1.165) is 42.3 Å². The van der Waals surface area contributed by atoms with E-state index < -0.39 is 0 Å². The van der Waals surface area contributed by atoms with Gasteiger partial charge in [-0.25, -0.2) is 4.98 Å². The van der Waals surface area contributed by atoms with Crippen molar-refractivity contribution >= 4 is 17.0 Å². The van der Waals surface area contributed by atoms with E-state index in [1.807, 2.05) is 19.2 Å². The second-order valence-corrected chi connectivity index (χ2v) is 6.82. The third kappa shape index (κ3) is 3.17. The molecule has 1 unspecified atom stereocenters. The smallest absolute Gasteiger partial charge is 0.194 e. The highest BCUT2D eigenvalue weighted by atomic mass is 15.3. The maximum atomic E-state index is 4.73. The van der Waals surface area contributed by atoms with Gasteiger partial charge in [-0.15, -0.1) is 0 Å². The van der Waals surface area contributed by atoms with Crippen molar-refractivity contribution in [3.8, 4) is 0 Å². The number of imidazole rings is 1. The van der Waals surface area contributed by atoms with E-state index in [-0.39, 0.29) is 0 Å². The summed E-state index contributed by atoms with van der Waals surface area (Å²) >= 11 is 0. The molecule has 4 rings (SSSR count). The van der Waals surface area contributed by atoms with Gasteiger partial charge in [-0.1, -0.05) is 42.5 Å². The number of nitrogens with one attached hydrogen (secondary N) is 1. The lowest BCUT2D eigenvalue weighted by Crippen LogP contribution is -2.40. The van der Waals surface area contributed by atoms with Crippen molar-refractivity contribution < 1.29 is 0 Å². The summed E-state index contributed by atoms with van der Waals surface area (Å²) in [6.45, 7) is 2.71. The average Bonchev–Trinajstić information content (AvgIpc) is 3.29. The number of para-hydroxylation sites is 2. The molecule has 2 aromatic carbocycles. The Morgan fingerprint density at radius 1 is 1.15 bits per heavy atom. The first-order valence-corrected chi connectivity index (χ1v) is 9.17. The number of rotatable bonds is 3. The molecule has 1 aliphatic rings. The minimum atomic E-state index is 0.575. The van der Waals surface area contributed by atoms with Crippen LogP contribution in [0, 0.1) is 0 Å². The zero-order chi connectivity index (χ0) is 17.9. The number of benzene rings is 2. The van der Waals surface area contributed by atoms with Crippen LogP contribution in [-0.2, 0) is 13.6 Å². The zero-order valence-electron chi connectivity index (χ0n) is 15.4. The van der Waals surface area contributed by atoms with E-state index in [4.69, 9.17) is 4.98 Å². The summed E-state index contributed by atoms with van der Waals surface area (Å²) in [6, 6.07) is 19.0. The third-order valence-electron chi connectivity index (χ3n) is 5.25. The molecule has 1 fully saturated rings. The topological polar surface area (TPSA) is 45.5 Å². The first kappa shape index (κ1) is 16.6. The van der Waals surface area contributed by atoms with Crippen LogP contribution in [0.5, 0.6) is 0 Å². The predicted molar refractivity (Wildman–Crippen MR) is 106 cm³/mol. The number of nitrogens with zero attached hydrogens (tertiary/aromatic N) is 4. The molecule has 26 heavy (non-hydrogen) atoms. The van der Waals surface area contributed by atoms with Gasteiger partial charge in [0.25, 0.3) is 0 Å². The molecule has 0 saturated carbocycles. The van der Waals surface area contributed by atoms with E-state index in [2.05, 4.69) is 69.3 Å². The predicted octanol–water partition coefficient (Wildman–Crippen LogP) is 3.14. The van der Waals surface area contributed by atoms with Crippen LogP contribution in [0.2, 0.25) is 0 Å². The Balaban J connectivity index is 1.43. The lowest BCUT2D eigenvalue weighted by Gasteiger charge is -2.21. The van der Waals surface area contributed by atoms with E-state index in [1.54, 1.807) is 0 Å². The van der Waals surface area contributed by atoms with Gasteiger partial charge in [-0.3, -0.25) is 4.99 Å². The minimum absolute atomic E-state index is 0.575. The van der Waals surface area contributed by atoms with Crippen molar-refractivity contribution in [3.63, 3.8) is 0 Å². The molecule has 0 bridgehead atoms. The molecule has 0 aliphatic carbocycles. The second-order valence-electron chi connectivity index (χ2n) is 6.82. The Labute approximate surface area is 154 Å². The van der Waals surface area contributed by atoms with Crippen molar-refractivity contribution in [2.75, 3.05) is 20.1 Å². The van der Waals surface area contributed by atoms with Crippen LogP contribution in [-0.4, -0.2) is 40.5 Å². The Bertz CT molecular complexity index is 913. The first-order valence-electron chi connectivity index (χ1n) is 9.17. The standard InChI is InChI=1S/C21H25N5/c1-22-21(26-13-12-17(15-26)16-8-4-3-5-9-16)23-14-20-24-18-10-6-7-11-19(18)25(20)2/h3-11,17H,12-15H2,1-2H3,(H,22,23). The molecule has 2 heterocycles. The van der Waals surface area contributed by atoms with Crippen LogP contribution >= 0.6 is 0 Å². The van der Waals surface area contributed by atoms with Gasteiger partial charge in [0.1, 0.15) is 5.82 Å². The maximum Gasteiger partial charge on any atom is 0.194 e. The SMILES string of the molecule is CN=C(NCc1nc2ccccc2n1C)N1CCC(c2ccccc2)C1. The average molecular weight is 347 g/mol. The Morgan fingerprint density at radius 2 is 1.92 bits per heavy atom. The lowest BCUT2D eigenvalue weighted by molar-refractivity contribution is 0.483.